The minimum absolute atomic E-state index is 0.258. The van der Waals surface area contributed by atoms with Gasteiger partial charge in [0.05, 0.1) is 25.3 Å². The number of nitrogens with one attached hydrogen (secondary N) is 1. The molecule has 6 nitrogen and oxygen atoms in total. The number of hydrogen-bond donors (Lipinski definition) is 1. The van der Waals surface area contributed by atoms with Crippen LogP contribution in [0.1, 0.15) is 25.5 Å². The fraction of sp³-hybridized carbons (Fsp3) is 0.375. The molecule has 1 unspecified atom stereocenters. The zero-order valence-corrected chi connectivity index (χ0v) is 13.2. The third-order valence-corrected chi connectivity index (χ3v) is 3.70. The lowest BCUT2D eigenvalue weighted by atomic mass is 9.95. The Bertz CT molecular complexity index is 607. The van der Waals surface area contributed by atoms with Crippen molar-refractivity contribution >= 4 is 12.0 Å². The van der Waals surface area contributed by atoms with Crippen molar-refractivity contribution in [3.05, 3.63) is 41.1 Å². The van der Waals surface area contributed by atoms with Crippen LogP contribution < -0.4 is 10.1 Å². The van der Waals surface area contributed by atoms with Gasteiger partial charge in [-0.15, -0.1) is 0 Å². The summed E-state index contributed by atoms with van der Waals surface area (Å²) >= 11 is 0. The van der Waals surface area contributed by atoms with Crippen LogP contribution in [0.25, 0.3) is 0 Å². The number of nitrogens with zero attached hydrogens (tertiary/aromatic N) is 1. The Morgan fingerprint density at radius 3 is 2.50 bits per heavy atom. The molecule has 1 heterocycles. The Hall–Kier alpha value is -2.50. The molecule has 1 aromatic rings. The zero-order chi connectivity index (χ0) is 16.3. The number of benzene rings is 1. The molecule has 2 rings (SSSR count). The van der Waals surface area contributed by atoms with Crippen LogP contribution in [0.4, 0.5) is 4.79 Å². The van der Waals surface area contributed by atoms with Crippen molar-refractivity contribution in [2.75, 3.05) is 20.8 Å². The first-order valence-corrected chi connectivity index (χ1v) is 7.05. The Morgan fingerprint density at radius 1 is 1.32 bits per heavy atom. The summed E-state index contributed by atoms with van der Waals surface area (Å²) in [7, 11) is 3.20. The number of esters is 1. The Balaban J connectivity index is 2.45. The molecule has 22 heavy (non-hydrogen) atoms. The normalized spacial score (nSPS) is 18.1. The summed E-state index contributed by atoms with van der Waals surface area (Å²) in [4.78, 5) is 25.7. The second-order valence-corrected chi connectivity index (χ2v) is 4.93. The van der Waals surface area contributed by atoms with Crippen molar-refractivity contribution in [2.45, 2.75) is 19.9 Å². The van der Waals surface area contributed by atoms with E-state index in [4.69, 9.17) is 9.47 Å². The van der Waals surface area contributed by atoms with Gasteiger partial charge in [-0.05, 0) is 31.5 Å². The lowest BCUT2D eigenvalue weighted by molar-refractivity contribution is -0.139. The van der Waals surface area contributed by atoms with Crippen LogP contribution in [0.2, 0.25) is 0 Å². The van der Waals surface area contributed by atoms with Crippen LogP contribution >= 0.6 is 0 Å². The molecule has 118 valence electrons. The molecule has 1 atom stereocenters. The molecule has 1 N–H and O–H groups in total. The highest BCUT2D eigenvalue weighted by Gasteiger charge is 2.34. The predicted octanol–water partition coefficient (Wildman–Crippen LogP) is 2.23. The topological polar surface area (TPSA) is 67.9 Å². The Morgan fingerprint density at radius 2 is 1.95 bits per heavy atom. The van der Waals surface area contributed by atoms with Crippen molar-refractivity contribution in [2.24, 2.45) is 0 Å². The van der Waals surface area contributed by atoms with E-state index in [-0.39, 0.29) is 12.6 Å². The molecule has 0 spiro atoms. The standard InChI is InChI=1S/C16H20N2O4/c1-5-22-15(19)13-10(2)18(3)16(20)17-14(13)11-6-8-12(21-4)9-7-11/h6-9,14H,5H2,1-4H3,(H,17,20). The number of ether oxygens (including phenoxy) is 2. The highest BCUT2D eigenvalue weighted by atomic mass is 16.5. The van der Waals surface area contributed by atoms with E-state index in [0.29, 0.717) is 17.0 Å². The Kier molecular flexibility index (Phi) is 4.70. The van der Waals surface area contributed by atoms with Crippen LogP contribution in [0.5, 0.6) is 5.75 Å². The lowest BCUT2D eigenvalue weighted by Crippen LogP contribution is -2.46. The van der Waals surface area contributed by atoms with E-state index in [1.165, 1.54) is 4.90 Å². The minimum atomic E-state index is -0.534. The molecule has 0 fully saturated rings. The van der Waals surface area contributed by atoms with Gasteiger partial charge in [0.1, 0.15) is 5.75 Å². The van der Waals surface area contributed by atoms with Crippen LogP contribution in [-0.2, 0) is 9.53 Å². The highest BCUT2D eigenvalue weighted by molar-refractivity contribution is 5.94. The molecule has 2 amide bonds. The van der Waals surface area contributed by atoms with Gasteiger partial charge < -0.3 is 19.7 Å². The quantitative estimate of drug-likeness (QED) is 0.866. The summed E-state index contributed by atoms with van der Waals surface area (Å²) < 4.78 is 10.3. The summed E-state index contributed by atoms with van der Waals surface area (Å²) in [6.45, 7) is 3.77. The second kappa shape index (κ2) is 6.51. The van der Waals surface area contributed by atoms with Gasteiger partial charge in [0.25, 0.3) is 0 Å². The molecule has 1 aromatic carbocycles. The summed E-state index contributed by atoms with van der Waals surface area (Å²) in [5.41, 5.74) is 1.82. The van der Waals surface area contributed by atoms with Crippen molar-refractivity contribution in [3.63, 3.8) is 0 Å². The first-order chi connectivity index (χ1) is 10.5. The third-order valence-electron chi connectivity index (χ3n) is 3.70. The molecule has 0 bridgehead atoms. The number of rotatable bonds is 4. The van der Waals surface area contributed by atoms with Crippen LogP contribution in [0.3, 0.4) is 0 Å². The van der Waals surface area contributed by atoms with Gasteiger partial charge in [-0.2, -0.15) is 0 Å². The van der Waals surface area contributed by atoms with Gasteiger partial charge >= 0.3 is 12.0 Å². The molecule has 0 aromatic heterocycles. The number of carbonyl (C=O) groups is 2. The molecule has 1 aliphatic heterocycles. The first-order valence-electron chi connectivity index (χ1n) is 7.05. The lowest BCUT2D eigenvalue weighted by Gasteiger charge is -2.33. The van der Waals surface area contributed by atoms with Gasteiger partial charge in [-0.25, -0.2) is 9.59 Å². The number of hydrogen-bond acceptors (Lipinski definition) is 4. The maximum Gasteiger partial charge on any atom is 0.338 e. The van der Waals surface area contributed by atoms with Gasteiger partial charge in [-0.3, -0.25) is 0 Å². The second-order valence-electron chi connectivity index (χ2n) is 4.93. The van der Waals surface area contributed by atoms with E-state index in [0.717, 1.165) is 5.56 Å². The van der Waals surface area contributed by atoms with Crippen molar-refractivity contribution in [1.29, 1.82) is 0 Å². The average Bonchev–Trinajstić information content (AvgIpc) is 2.52. The largest absolute Gasteiger partial charge is 0.497 e. The van der Waals surface area contributed by atoms with Crippen molar-refractivity contribution < 1.29 is 19.1 Å². The van der Waals surface area contributed by atoms with Gasteiger partial charge in [0, 0.05) is 12.7 Å². The molecule has 0 saturated heterocycles. The van der Waals surface area contributed by atoms with Crippen LogP contribution in [0.15, 0.2) is 35.5 Å². The van der Waals surface area contributed by atoms with Gasteiger partial charge in [-0.1, -0.05) is 12.1 Å². The molecule has 0 saturated carbocycles. The van der Waals surface area contributed by atoms with E-state index in [2.05, 4.69) is 5.32 Å². The zero-order valence-electron chi connectivity index (χ0n) is 13.2. The molecule has 6 heteroatoms. The first kappa shape index (κ1) is 15.9. The maximum absolute atomic E-state index is 12.3. The smallest absolute Gasteiger partial charge is 0.338 e. The van der Waals surface area contributed by atoms with E-state index < -0.39 is 12.0 Å². The molecular formula is C16H20N2O4. The summed E-state index contributed by atoms with van der Waals surface area (Å²) in [5, 5.41) is 2.83. The van der Waals surface area contributed by atoms with Crippen LogP contribution in [-0.4, -0.2) is 37.7 Å². The summed E-state index contributed by atoms with van der Waals surface area (Å²) in [6.07, 6.45) is 0. The molecule has 0 aliphatic carbocycles. The van der Waals surface area contributed by atoms with Crippen molar-refractivity contribution in [1.82, 2.24) is 10.2 Å². The molecular weight excluding hydrogens is 284 g/mol. The number of methoxy groups -OCH3 is 1. The number of carbonyl (C=O) groups excluding carboxylic acids is 2. The van der Waals surface area contributed by atoms with Crippen molar-refractivity contribution in [3.8, 4) is 5.75 Å². The predicted molar refractivity (Wildman–Crippen MR) is 81.4 cm³/mol. The third kappa shape index (κ3) is 2.90. The average molecular weight is 304 g/mol. The van der Waals surface area contributed by atoms with E-state index in [1.807, 2.05) is 12.1 Å². The van der Waals surface area contributed by atoms with Gasteiger partial charge in [0.2, 0.25) is 0 Å². The van der Waals surface area contributed by atoms with Crippen LogP contribution in [0, 0.1) is 0 Å². The van der Waals surface area contributed by atoms with Gasteiger partial charge in [0.15, 0.2) is 0 Å². The van der Waals surface area contributed by atoms with E-state index in [1.54, 1.807) is 40.1 Å². The highest BCUT2D eigenvalue weighted by Crippen LogP contribution is 2.31. The summed E-state index contributed by atoms with van der Waals surface area (Å²) in [6, 6.07) is 6.43. The molecule has 0 radical (unpaired) electrons. The summed E-state index contributed by atoms with van der Waals surface area (Å²) in [5.74, 6) is 0.286. The molecule has 1 aliphatic rings. The SMILES string of the molecule is CCOC(=O)C1=C(C)N(C)C(=O)NC1c1ccc(OC)cc1. The fourth-order valence-electron chi connectivity index (χ4n) is 2.36. The number of allylic oxidation sites excluding steroid dienone is 1. The minimum Gasteiger partial charge on any atom is -0.497 e. The van der Waals surface area contributed by atoms with E-state index >= 15 is 0 Å². The fourth-order valence-corrected chi connectivity index (χ4v) is 2.36. The number of amides is 2. The Labute approximate surface area is 129 Å². The number of urea groups is 1. The maximum atomic E-state index is 12.3. The monoisotopic (exact) mass is 304 g/mol. The van der Waals surface area contributed by atoms with E-state index in [9.17, 15) is 9.59 Å².